The van der Waals surface area contributed by atoms with Crippen molar-refractivity contribution in [2.24, 2.45) is 0 Å². The molecule has 142 valence electrons. The van der Waals surface area contributed by atoms with Gasteiger partial charge >= 0.3 is 6.03 Å². The summed E-state index contributed by atoms with van der Waals surface area (Å²) in [4.78, 5) is 28.3. The molecule has 1 aromatic heterocycles. The second-order valence-corrected chi connectivity index (χ2v) is 6.49. The number of carbonyl (C=O) groups is 2. The zero-order chi connectivity index (χ0) is 19.9. The van der Waals surface area contributed by atoms with Gasteiger partial charge in [-0.3, -0.25) is 9.78 Å². The Morgan fingerprint density at radius 2 is 1.50 bits per heavy atom. The second-order valence-electron chi connectivity index (χ2n) is 6.49. The summed E-state index contributed by atoms with van der Waals surface area (Å²) in [5.74, 6) is -0.197. The highest BCUT2D eigenvalue weighted by Crippen LogP contribution is 2.16. The summed E-state index contributed by atoms with van der Waals surface area (Å²) in [6.45, 7) is 4.44. The molecular weight excluding hydrogens is 352 g/mol. The number of aromatic nitrogens is 1. The third-order valence-corrected chi connectivity index (χ3v) is 4.37. The molecule has 0 aliphatic heterocycles. The van der Waals surface area contributed by atoms with E-state index in [0.717, 1.165) is 16.8 Å². The molecule has 3 amide bonds. The summed E-state index contributed by atoms with van der Waals surface area (Å²) in [5, 5.41) is 8.40. The maximum Gasteiger partial charge on any atom is 0.319 e. The summed E-state index contributed by atoms with van der Waals surface area (Å²) >= 11 is 0. The first kappa shape index (κ1) is 19.1. The summed E-state index contributed by atoms with van der Waals surface area (Å²) in [6.07, 6.45) is 3.35. The van der Waals surface area contributed by atoms with E-state index in [0.29, 0.717) is 17.8 Å². The smallest absolute Gasteiger partial charge is 0.319 e. The van der Waals surface area contributed by atoms with Gasteiger partial charge in [0.2, 0.25) is 0 Å². The highest BCUT2D eigenvalue weighted by atomic mass is 16.2. The Labute approximate surface area is 164 Å². The van der Waals surface area contributed by atoms with E-state index in [4.69, 9.17) is 0 Å². The molecule has 0 radical (unpaired) electrons. The van der Waals surface area contributed by atoms with Crippen molar-refractivity contribution in [3.63, 3.8) is 0 Å². The number of nitrogens with zero attached hydrogens (tertiary/aromatic N) is 1. The normalized spacial score (nSPS) is 10.2. The number of urea groups is 1. The topological polar surface area (TPSA) is 83.1 Å². The monoisotopic (exact) mass is 374 g/mol. The molecule has 6 nitrogen and oxygen atoms in total. The van der Waals surface area contributed by atoms with Crippen molar-refractivity contribution in [3.8, 4) is 0 Å². The van der Waals surface area contributed by atoms with Gasteiger partial charge in [-0.15, -0.1) is 0 Å². The van der Waals surface area contributed by atoms with Crippen LogP contribution < -0.4 is 16.0 Å². The van der Waals surface area contributed by atoms with Gasteiger partial charge in [0.1, 0.15) is 0 Å². The maximum absolute atomic E-state index is 12.4. The van der Waals surface area contributed by atoms with Crippen LogP contribution in [0.4, 0.5) is 16.2 Å². The van der Waals surface area contributed by atoms with E-state index < -0.39 is 0 Å². The number of carbonyl (C=O) groups excluding carboxylic acids is 2. The molecule has 28 heavy (non-hydrogen) atoms. The van der Waals surface area contributed by atoms with Crippen LogP contribution in [0.3, 0.4) is 0 Å². The fourth-order valence-corrected chi connectivity index (χ4v) is 2.59. The van der Waals surface area contributed by atoms with Crippen molar-refractivity contribution in [2.75, 3.05) is 10.6 Å². The van der Waals surface area contributed by atoms with Gasteiger partial charge in [0.05, 0.1) is 0 Å². The first-order valence-electron chi connectivity index (χ1n) is 8.94. The van der Waals surface area contributed by atoms with E-state index in [2.05, 4.69) is 20.9 Å². The number of anilines is 2. The van der Waals surface area contributed by atoms with Crippen molar-refractivity contribution >= 4 is 23.3 Å². The third-order valence-electron chi connectivity index (χ3n) is 4.37. The molecule has 0 bridgehead atoms. The van der Waals surface area contributed by atoms with Crippen LogP contribution in [0.2, 0.25) is 0 Å². The largest absolute Gasteiger partial charge is 0.334 e. The second kappa shape index (κ2) is 8.81. The number of pyridine rings is 1. The van der Waals surface area contributed by atoms with Gasteiger partial charge < -0.3 is 16.0 Å². The Morgan fingerprint density at radius 1 is 0.821 bits per heavy atom. The van der Waals surface area contributed by atoms with Crippen molar-refractivity contribution in [1.82, 2.24) is 10.3 Å². The van der Waals surface area contributed by atoms with Gasteiger partial charge in [0.25, 0.3) is 5.91 Å². The lowest BCUT2D eigenvalue weighted by Crippen LogP contribution is -2.28. The molecular formula is C22H22N4O2. The standard InChI is InChI=1S/C22H22N4O2/c1-15-3-6-20(13-16(15)2)25-21(27)18-4-7-19(8-5-18)26-22(28)24-14-17-9-11-23-12-10-17/h3-13H,14H2,1-2H3,(H,25,27)(H2,24,26,28). The minimum Gasteiger partial charge on any atom is -0.334 e. The van der Waals surface area contributed by atoms with Gasteiger partial charge in [-0.2, -0.15) is 0 Å². The molecule has 1 heterocycles. The van der Waals surface area contributed by atoms with E-state index in [9.17, 15) is 9.59 Å². The first-order valence-corrected chi connectivity index (χ1v) is 8.94. The van der Waals surface area contributed by atoms with Crippen LogP contribution in [-0.4, -0.2) is 16.9 Å². The predicted molar refractivity (Wildman–Crippen MR) is 110 cm³/mol. The number of aryl methyl sites for hydroxylation is 2. The fourth-order valence-electron chi connectivity index (χ4n) is 2.59. The van der Waals surface area contributed by atoms with Gasteiger partial charge in [0.15, 0.2) is 0 Å². The SMILES string of the molecule is Cc1ccc(NC(=O)c2ccc(NC(=O)NCc3ccncc3)cc2)cc1C. The molecule has 0 fully saturated rings. The van der Waals surface area contributed by atoms with E-state index in [1.807, 2.05) is 44.2 Å². The Hall–Kier alpha value is -3.67. The van der Waals surface area contributed by atoms with Crippen molar-refractivity contribution in [3.05, 3.63) is 89.2 Å². The van der Waals surface area contributed by atoms with Crippen molar-refractivity contribution in [1.29, 1.82) is 0 Å². The number of nitrogens with one attached hydrogen (secondary N) is 3. The van der Waals surface area contributed by atoms with Crippen LogP contribution >= 0.6 is 0 Å². The maximum atomic E-state index is 12.4. The molecule has 0 saturated carbocycles. The lowest BCUT2D eigenvalue weighted by atomic mass is 10.1. The lowest BCUT2D eigenvalue weighted by molar-refractivity contribution is 0.102. The molecule has 3 rings (SSSR count). The number of hydrogen-bond donors (Lipinski definition) is 3. The highest BCUT2D eigenvalue weighted by molar-refractivity contribution is 6.04. The third kappa shape index (κ3) is 5.17. The van der Waals surface area contributed by atoms with E-state index >= 15 is 0 Å². The number of rotatable bonds is 5. The quantitative estimate of drug-likeness (QED) is 0.623. The molecule has 0 saturated heterocycles. The van der Waals surface area contributed by atoms with Crippen LogP contribution in [0.15, 0.2) is 67.0 Å². The zero-order valence-electron chi connectivity index (χ0n) is 15.8. The number of amides is 3. The minimum atomic E-state index is -0.316. The van der Waals surface area contributed by atoms with E-state index in [1.165, 1.54) is 5.56 Å². The van der Waals surface area contributed by atoms with Crippen molar-refractivity contribution in [2.45, 2.75) is 20.4 Å². The van der Waals surface area contributed by atoms with E-state index in [-0.39, 0.29) is 11.9 Å². The van der Waals surface area contributed by atoms with E-state index in [1.54, 1.807) is 36.7 Å². The highest BCUT2D eigenvalue weighted by Gasteiger charge is 2.08. The van der Waals surface area contributed by atoms with Gasteiger partial charge in [-0.25, -0.2) is 4.79 Å². The molecule has 0 unspecified atom stereocenters. The minimum absolute atomic E-state index is 0.197. The Balaban J connectivity index is 1.54. The lowest BCUT2D eigenvalue weighted by Gasteiger charge is -2.10. The molecule has 0 atom stereocenters. The van der Waals surface area contributed by atoms with Crippen LogP contribution in [-0.2, 0) is 6.54 Å². The first-order chi connectivity index (χ1) is 13.5. The zero-order valence-corrected chi connectivity index (χ0v) is 15.8. The van der Waals surface area contributed by atoms with Crippen LogP contribution in [0.5, 0.6) is 0 Å². The average Bonchev–Trinajstić information content (AvgIpc) is 2.70. The average molecular weight is 374 g/mol. The Morgan fingerprint density at radius 3 is 2.18 bits per heavy atom. The number of hydrogen-bond acceptors (Lipinski definition) is 3. The van der Waals surface area contributed by atoms with Gasteiger partial charge in [-0.1, -0.05) is 6.07 Å². The number of benzene rings is 2. The van der Waals surface area contributed by atoms with Crippen LogP contribution in [0.25, 0.3) is 0 Å². The molecule has 6 heteroatoms. The molecule has 3 aromatic rings. The van der Waals surface area contributed by atoms with Crippen molar-refractivity contribution < 1.29 is 9.59 Å². The van der Waals surface area contributed by atoms with Gasteiger partial charge in [0, 0.05) is 35.9 Å². The molecule has 0 aliphatic carbocycles. The summed E-state index contributed by atoms with van der Waals surface area (Å²) < 4.78 is 0. The molecule has 3 N–H and O–H groups in total. The molecule has 2 aromatic carbocycles. The Kier molecular flexibility index (Phi) is 6.01. The van der Waals surface area contributed by atoms with Gasteiger partial charge in [-0.05, 0) is 79.1 Å². The Bertz CT molecular complexity index is 970. The fraction of sp³-hybridized carbons (Fsp3) is 0.136. The van der Waals surface area contributed by atoms with Crippen LogP contribution in [0.1, 0.15) is 27.0 Å². The summed E-state index contributed by atoms with van der Waals surface area (Å²) in [7, 11) is 0. The molecule has 0 spiro atoms. The summed E-state index contributed by atoms with van der Waals surface area (Å²) in [6, 6.07) is 15.9. The predicted octanol–water partition coefficient (Wildman–Crippen LogP) is 4.27. The van der Waals surface area contributed by atoms with Crippen LogP contribution in [0, 0.1) is 13.8 Å². The molecule has 0 aliphatic rings. The summed E-state index contributed by atoms with van der Waals surface area (Å²) in [5.41, 5.74) is 5.14.